The van der Waals surface area contributed by atoms with Crippen molar-refractivity contribution in [2.75, 3.05) is 26.2 Å². The van der Waals surface area contributed by atoms with E-state index in [9.17, 15) is 29.7 Å². The minimum atomic E-state index is -1.18. The Kier molecular flexibility index (Phi) is 25.3. The van der Waals surface area contributed by atoms with Crippen molar-refractivity contribution >= 4 is 17.9 Å². The molecular weight excluding hydrogens is 542 g/mol. The van der Waals surface area contributed by atoms with E-state index < -0.39 is 35.7 Å². The number of hydrogen-bond acceptors (Lipinski definition) is 4. The Labute approximate surface area is 264 Å². The summed E-state index contributed by atoms with van der Waals surface area (Å²) in [5, 5.41) is 30.6. The third kappa shape index (κ3) is 23.2. The lowest BCUT2D eigenvalue weighted by Crippen LogP contribution is -2.58. The van der Waals surface area contributed by atoms with Crippen LogP contribution < -0.4 is 5.11 Å². The number of carboxylic acid groups (broad SMARTS) is 3. The van der Waals surface area contributed by atoms with Crippen molar-refractivity contribution in [2.24, 2.45) is 17.8 Å². The van der Waals surface area contributed by atoms with Crippen molar-refractivity contribution in [1.29, 1.82) is 0 Å². The fourth-order valence-electron chi connectivity index (χ4n) is 6.23. The van der Waals surface area contributed by atoms with Crippen LogP contribution in [0.15, 0.2) is 12.2 Å². The summed E-state index contributed by atoms with van der Waals surface area (Å²) < 4.78 is 0.179. The van der Waals surface area contributed by atoms with Crippen LogP contribution in [0.1, 0.15) is 156 Å². The van der Waals surface area contributed by atoms with Crippen molar-refractivity contribution in [2.45, 2.75) is 156 Å². The van der Waals surface area contributed by atoms with E-state index in [4.69, 9.17) is 0 Å². The molecule has 0 bridgehead atoms. The first-order valence-corrected chi connectivity index (χ1v) is 17.7. The Morgan fingerprint density at radius 3 is 1.23 bits per heavy atom. The maximum absolute atomic E-state index is 11.6. The first-order valence-electron chi connectivity index (χ1n) is 17.7. The minimum absolute atomic E-state index is 0.179. The fourth-order valence-corrected chi connectivity index (χ4v) is 6.23. The summed E-state index contributed by atoms with van der Waals surface area (Å²) in [6.45, 7) is 8.24. The highest BCUT2D eigenvalue weighted by atomic mass is 16.4. The predicted octanol–water partition coefficient (Wildman–Crippen LogP) is 8.01. The molecule has 0 amide bonds. The van der Waals surface area contributed by atoms with Crippen molar-refractivity contribution in [1.82, 2.24) is 0 Å². The Hall–Kier alpha value is -1.89. The summed E-state index contributed by atoms with van der Waals surface area (Å²) in [5.74, 6) is -5.26. The van der Waals surface area contributed by atoms with Gasteiger partial charge in [-0.1, -0.05) is 116 Å². The SMILES string of the molecule is CCCCCCCCCCCCCCC/C=C/CCCCCCC[N+](CC(C)C(=O)[O-])(CC(C)C(=O)O)CC(C)C(=O)O. The number of hydrogen-bond donors (Lipinski definition) is 2. The van der Waals surface area contributed by atoms with E-state index in [0.29, 0.717) is 6.54 Å². The lowest BCUT2D eigenvalue weighted by Gasteiger charge is -2.43. The number of aliphatic carboxylic acids is 3. The highest BCUT2D eigenvalue weighted by Crippen LogP contribution is 2.22. The average molecular weight is 610 g/mol. The zero-order chi connectivity index (χ0) is 32.3. The summed E-state index contributed by atoms with van der Waals surface area (Å²) in [6, 6.07) is 0. The maximum Gasteiger partial charge on any atom is 0.311 e. The molecule has 0 saturated heterocycles. The molecule has 0 saturated carbocycles. The fraction of sp³-hybridized carbons (Fsp3) is 0.861. The molecule has 0 aliphatic rings. The van der Waals surface area contributed by atoms with Crippen molar-refractivity contribution in [3.63, 3.8) is 0 Å². The second-order valence-electron chi connectivity index (χ2n) is 13.4. The normalized spacial score (nSPS) is 15.3. The van der Waals surface area contributed by atoms with Gasteiger partial charge in [0.15, 0.2) is 0 Å². The van der Waals surface area contributed by atoms with Gasteiger partial charge in [-0.25, -0.2) is 0 Å². The zero-order valence-corrected chi connectivity index (χ0v) is 28.3. The Morgan fingerprint density at radius 1 is 0.558 bits per heavy atom. The van der Waals surface area contributed by atoms with Gasteiger partial charge in [0.2, 0.25) is 0 Å². The molecule has 43 heavy (non-hydrogen) atoms. The molecule has 0 aromatic carbocycles. The van der Waals surface area contributed by atoms with Crippen LogP contribution in [0.2, 0.25) is 0 Å². The largest absolute Gasteiger partial charge is 0.550 e. The van der Waals surface area contributed by atoms with Crippen LogP contribution in [-0.2, 0) is 14.4 Å². The van der Waals surface area contributed by atoms with E-state index in [1.54, 1.807) is 20.8 Å². The lowest BCUT2D eigenvalue weighted by atomic mass is 10.0. The molecule has 252 valence electrons. The highest BCUT2D eigenvalue weighted by Gasteiger charge is 2.36. The molecule has 0 aromatic rings. The Bertz CT molecular complexity index is 697. The number of unbranched alkanes of at least 4 members (excludes halogenated alkanes) is 18. The number of carboxylic acids is 3. The van der Waals surface area contributed by atoms with Crippen LogP contribution >= 0.6 is 0 Å². The van der Waals surface area contributed by atoms with Crippen LogP contribution in [0.4, 0.5) is 0 Å². The van der Waals surface area contributed by atoms with Crippen molar-refractivity contribution in [3.05, 3.63) is 12.2 Å². The van der Waals surface area contributed by atoms with Gasteiger partial charge in [0.05, 0.1) is 26.2 Å². The van der Waals surface area contributed by atoms with E-state index in [1.807, 2.05) is 0 Å². The molecule has 0 spiro atoms. The molecule has 0 aliphatic carbocycles. The number of carbonyl (C=O) groups is 3. The Morgan fingerprint density at radius 2 is 0.884 bits per heavy atom. The van der Waals surface area contributed by atoms with Gasteiger partial charge in [-0.2, -0.15) is 0 Å². The summed E-state index contributed by atoms with van der Waals surface area (Å²) >= 11 is 0. The van der Waals surface area contributed by atoms with E-state index in [-0.39, 0.29) is 24.1 Å². The van der Waals surface area contributed by atoms with Gasteiger partial charge in [0, 0.05) is 11.9 Å². The molecule has 2 N–H and O–H groups in total. The number of nitrogens with zero attached hydrogens (tertiary/aromatic N) is 1. The lowest BCUT2D eigenvalue weighted by molar-refractivity contribution is -0.934. The second kappa shape index (κ2) is 26.5. The molecule has 3 atom stereocenters. The summed E-state index contributed by atoms with van der Waals surface area (Å²) in [4.78, 5) is 34.8. The molecule has 0 fully saturated rings. The standard InChI is InChI=1S/C36H67NO6/c1-5-6-7-8-9-10-11-12-13-14-15-16-17-18-19-20-21-22-23-24-25-26-27-37(28-31(2)34(38)39,29-32(3)35(40)41)30-33(4)36(42)43/h19-20,31-33H,5-18,21-30H2,1-4H3,(H2-,38,39,40,41,42,43)/b20-19+. The number of carbonyl (C=O) groups excluding carboxylic acids is 1. The van der Waals surface area contributed by atoms with E-state index in [2.05, 4.69) is 19.1 Å². The van der Waals surface area contributed by atoms with Crippen molar-refractivity contribution in [3.8, 4) is 0 Å². The monoisotopic (exact) mass is 609 g/mol. The van der Waals surface area contributed by atoms with Crippen LogP contribution in [0, 0.1) is 17.8 Å². The molecular formula is C36H67NO6. The third-order valence-electron chi connectivity index (χ3n) is 8.87. The minimum Gasteiger partial charge on any atom is -0.550 e. The average Bonchev–Trinajstić information content (AvgIpc) is 2.95. The smallest absolute Gasteiger partial charge is 0.311 e. The van der Waals surface area contributed by atoms with Gasteiger partial charge in [-0.3, -0.25) is 9.59 Å². The second-order valence-corrected chi connectivity index (χ2v) is 13.4. The van der Waals surface area contributed by atoms with Gasteiger partial charge in [-0.15, -0.1) is 0 Å². The van der Waals surface area contributed by atoms with E-state index in [1.165, 1.54) is 89.9 Å². The number of quaternary nitrogens is 1. The highest BCUT2D eigenvalue weighted by molar-refractivity contribution is 5.70. The summed E-state index contributed by atoms with van der Waals surface area (Å²) in [5.41, 5.74) is 0. The van der Waals surface area contributed by atoms with E-state index in [0.717, 1.165) is 38.5 Å². The Balaban J connectivity index is 4.18. The van der Waals surface area contributed by atoms with Crippen LogP contribution in [0.3, 0.4) is 0 Å². The zero-order valence-electron chi connectivity index (χ0n) is 28.3. The van der Waals surface area contributed by atoms with Crippen LogP contribution in [0.25, 0.3) is 0 Å². The predicted molar refractivity (Wildman–Crippen MR) is 175 cm³/mol. The number of allylic oxidation sites excluding steroid dienone is 2. The first-order chi connectivity index (χ1) is 20.5. The molecule has 0 rings (SSSR count). The molecule has 0 heterocycles. The number of rotatable bonds is 31. The summed E-state index contributed by atoms with van der Waals surface area (Å²) in [7, 11) is 0. The van der Waals surface area contributed by atoms with Gasteiger partial charge in [0.25, 0.3) is 0 Å². The van der Waals surface area contributed by atoms with E-state index >= 15 is 0 Å². The van der Waals surface area contributed by atoms with Gasteiger partial charge < -0.3 is 24.6 Å². The molecule has 7 nitrogen and oxygen atoms in total. The van der Waals surface area contributed by atoms with Crippen LogP contribution in [0.5, 0.6) is 0 Å². The van der Waals surface area contributed by atoms with Gasteiger partial charge in [0.1, 0.15) is 11.8 Å². The van der Waals surface area contributed by atoms with Crippen molar-refractivity contribution < 1.29 is 34.2 Å². The molecule has 0 aliphatic heterocycles. The van der Waals surface area contributed by atoms with Gasteiger partial charge in [-0.05, 0) is 52.4 Å². The molecule has 7 heteroatoms. The van der Waals surface area contributed by atoms with Gasteiger partial charge >= 0.3 is 11.9 Å². The van der Waals surface area contributed by atoms with Crippen LogP contribution in [-0.4, -0.2) is 58.8 Å². The first kappa shape index (κ1) is 41.1. The topological polar surface area (TPSA) is 115 Å². The summed E-state index contributed by atoms with van der Waals surface area (Å²) in [6.07, 6.45) is 30.0. The molecule has 0 radical (unpaired) electrons. The molecule has 0 aromatic heterocycles. The maximum atomic E-state index is 11.6. The quantitative estimate of drug-likeness (QED) is 0.0467. The molecule has 3 unspecified atom stereocenters. The third-order valence-corrected chi connectivity index (χ3v) is 8.87.